The summed E-state index contributed by atoms with van der Waals surface area (Å²) in [6, 6.07) is 13.9. The van der Waals surface area contributed by atoms with E-state index < -0.39 is 17.9 Å². The molecule has 0 aliphatic carbocycles. The van der Waals surface area contributed by atoms with E-state index in [2.05, 4.69) is 5.32 Å². The summed E-state index contributed by atoms with van der Waals surface area (Å²) >= 11 is 13.0. The van der Waals surface area contributed by atoms with Crippen LogP contribution in [-0.4, -0.2) is 45.5 Å². The van der Waals surface area contributed by atoms with E-state index in [1.54, 1.807) is 29.2 Å². The largest absolute Gasteiger partial charge is 0.508 e. The number of rotatable bonds is 6. The molecule has 1 atom stereocenters. The normalized spacial score (nSPS) is 13.6. The molecule has 2 amide bonds. The summed E-state index contributed by atoms with van der Waals surface area (Å²) in [6.07, 6.45) is 0.497. The van der Waals surface area contributed by atoms with Crippen molar-refractivity contribution in [3.05, 3.63) is 98.0 Å². The van der Waals surface area contributed by atoms with Gasteiger partial charge in [0.25, 0.3) is 11.8 Å². The van der Waals surface area contributed by atoms with E-state index in [0.717, 1.165) is 11.1 Å². The lowest BCUT2D eigenvalue weighted by Gasteiger charge is -2.30. The molecule has 0 fully saturated rings. The van der Waals surface area contributed by atoms with Crippen LogP contribution in [0.25, 0.3) is 0 Å². The lowest BCUT2D eigenvalue weighted by molar-refractivity contribution is -0.139. The molecule has 0 saturated carbocycles. The number of fused-ring (bicyclic) bond motifs is 1. The number of carboxylic acids is 1. The zero-order chi connectivity index (χ0) is 26.0. The van der Waals surface area contributed by atoms with Gasteiger partial charge in [-0.3, -0.25) is 9.59 Å². The zero-order valence-electron chi connectivity index (χ0n) is 19.4. The summed E-state index contributed by atoms with van der Waals surface area (Å²) in [7, 11) is 0. The number of phenols is 1. The van der Waals surface area contributed by atoms with E-state index in [1.165, 1.54) is 12.1 Å². The Morgan fingerprint density at radius 2 is 1.83 bits per heavy atom. The number of amides is 2. The summed E-state index contributed by atoms with van der Waals surface area (Å²) in [6.45, 7) is 2.49. The van der Waals surface area contributed by atoms with Gasteiger partial charge in [0, 0.05) is 25.1 Å². The number of aliphatic carboxylic acids is 1. The van der Waals surface area contributed by atoms with Gasteiger partial charge in [-0.2, -0.15) is 0 Å². The number of benzene rings is 3. The second kappa shape index (κ2) is 10.6. The lowest BCUT2D eigenvalue weighted by Crippen LogP contribution is -2.42. The number of nitrogens with zero attached hydrogens (tertiary/aromatic N) is 1. The quantitative estimate of drug-likeness (QED) is 0.434. The molecule has 3 N–H and O–H groups in total. The number of carboxylic acid groups (broad SMARTS) is 1. The van der Waals surface area contributed by atoms with Crippen molar-refractivity contribution in [2.24, 2.45) is 0 Å². The Labute approximate surface area is 218 Å². The topological polar surface area (TPSA) is 107 Å². The van der Waals surface area contributed by atoms with Gasteiger partial charge in [-0.15, -0.1) is 0 Å². The molecule has 0 spiro atoms. The third-order valence-corrected chi connectivity index (χ3v) is 6.85. The van der Waals surface area contributed by atoms with Crippen LogP contribution in [0.2, 0.25) is 10.0 Å². The molecule has 0 radical (unpaired) electrons. The van der Waals surface area contributed by atoms with Crippen molar-refractivity contribution in [2.45, 2.75) is 32.4 Å². The third kappa shape index (κ3) is 5.48. The Kier molecular flexibility index (Phi) is 7.52. The van der Waals surface area contributed by atoms with E-state index >= 15 is 0 Å². The highest BCUT2D eigenvalue weighted by molar-refractivity contribution is 6.40. The summed E-state index contributed by atoms with van der Waals surface area (Å²) in [5.41, 5.74) is 3.54. The van der Waals surface area contributed by atoms with Crippen molar-refractivity contribution in [1.29, 1.82) is 0 Å². The maximum atomic E-state index is 13.1. The Morgan fingerprint density at radius 3 is 2.53 bits per heavy atom. The van der Waals surface area contributed by atoms with E-state index in [-0.39, 0.29) is 40.2 Å². The van der Waals surface area contributed by atoms with E-state index in [9.17, 15) is 24.6 Å². The van der Waals surface area contributed by atoms with E-state index in [1.807, 2.05) is 25.1 Å². The average Bonchev–Trinajstić information content (AvgIpc) is 2.82. The monoisotopic (exact) mass is 526 g/mol. The molecule has 36 heavy (non-hydrogen) atoms. The van der Waals surface area contributed by atoms with Crippen LogP contribution in [0.5, 0.6) is 5.75 Å². The molecule has 1 aliphatic heterocycles. The van der Waals surface area contributed by atoms with Crippen molar-refractivity contribution >= 4 is 41.0 Å². The first-order valence-electron chi connectivity index (χ1n) is 11.3. The summed E-state index contributed by atoms with van der Waals surface area (Å²) in [4.78, 5) is 39.5. The van der Waals surface area contributed by atoms with Crippen molar-refractivity contribution in [2.75, 3.05) is 6.54 Å². The van der Waals surface area contributed by atoms with E-state index in [4.69, 9.17) is 23.2 Å². The number of phenolic OH excluding ortho intramolecular Hbond substituents is 1. The summed E-state index contributed by atoms with van der Waals surface area (Å²) in [5.74, 6) is -2.09. The average molecular weight is 527 g/mol. The van der Waals surface area contributed by atoms with Crippen LogP contribution in [-0.2, 0) is 24.2 Å². The number of carbonyl (C=O) groups is 3. The molecule has 1 heterocycles. The van der Waals surface area contributed by atoms with Gasteiger partial charge >= 0.3 is 5.97 Å². The second-order valence-corrected chi connectivity index (χ2v) is 9.55. The number of aryl methyl sites for hydroxylation is 1. The highest BCUT2D eigenvalue weighted by atomic mass is 35.5. The third-order valence-electron chi connectivity index (χ3n) is 6.14. The fraction of sp³-hybridized carbons (Fsp3) is 0.222. The molecule has 3 aromatic carbocycles. The van der Waals surface area contributed by atoms with Gasteiger partial charge in [-0.1, -0.05) is 59.1 Å². The SMILES string of the molecule is Cc1cccc(C[C@H](NC(=O)c2c(Cl)cc3c(c2Cl)CCN(C(=O)c2cccc(O)c2)C3)C(=O)O)c1. The number of carbonyl (C=O) groups excluding carboxylic acids is 2. The fourth-order valence-corrected chi connectivity index (χ4v) is 5.12. The molecule has 0 saturated heterocycles. The van der Waals surface area contributed by atoms with Crippen LogP contribution in [0, 0.1) is 6.92 Å². The van der Waals surface area contributed by atoms with Gasteiger partial charge in [-0.05, 0) is 54.3 Å². The van der Waals surface area contributed by atoms with Crippen LogP contribution < -0.4 is 5.32 Å². The fourth-order valence-electron chi connectivity index (χ4n) is 4.36. The molecular formula is C27H24Cl2N2O5. The predicted octanol–water partition coefficient (Wildman–Crippen LogP) is 4.63. The minimum atomic E-state index is -1.17. The maximum absolute atomic E-state index is 13.1. The smallest absolute Gasteiger partial charge is 0.326 e. The minimum Gasteiger partial charge on any atom is -0.508 e. The molecular weight excluding hydrogens is 503 g/mol. The first kappa shape index (κ1) is 25.5. The van der Waals surface area contributed by atoms with Gasteiger partial charge < -0.3 is 20.4 Å². The summed E-state index contributed by atoms with van der Waals surface area (Å²) in [5, 5.41) is 22.1. The molecule has 4 rings (SSSR count). The van der Waals surface area contributed by atoms with E-state index in [0.29, 0.717) is 29.7 Å². The number of hydrogen-bond donors (Lipinski definition) is 3. The molecule has 0 unspecified atom stereocenters. The first-order valence-corrected chi connectivity index (χ1v) is 12.1. The molecule has 0 bridgehead atoms. The molecule has 3 aromatic rings. The van der Waals surface area contributed by atoms with Crippen molar-refractivity contribution in [3.8, 4) is 5.75 Å². The van der Waals surface area contributed by atoms with Crippen molar-refractivity contribution in [3.63, 3.8) is 0 Å². The zero-order valence-corrected chi connectivity index (χ0v) is 20.9. The van der Waals surface area contributed by atoms with Gasteiger partial charge in [0.2, 0.25) is 0 Å². The Hall–Kier alpha value is -3.55. The second-order valence-electron chi connectivity index (χ2n) is 8.77. The molecule has 0 aromatic heterocycles. The van der Waals surface area contributed by atoms with Crippen molar-refractivity contribution in [1.82, 2.24) is 10.2 Å². The first-order chi connectivity index (χ1) is 17.1. The van der Waals surface area contributed by atoms with Crippen LogP contribution in [0.4, 0.5) is 0 Å². The molecule has 9 heteroatoms. The Balaban J connectivity index is 1.54. The lowest BCUT2D eigenvalue weighted by atomic mass is 9.95. The number of nitrogens with one attached hydrogen (secondary N) is 1. The molecule has 7 nitrogen and oxygen atoms in total. The van der Waals surface area contributed by atoms with Crippen LogP contribution >= 0.6 is 23.2 Å². The predicted molar refractivity (Wildman–Crippen MR) is 137 cm³/mol. The molecule has 186 valence electrons. The summed E-state index contributed by atoms with van der Waals surface area (Å²) < 4.78 is 0. The van der Waals surface area contributed by atoms with Crippen LogP contribution in [0.1, 0.15) is 43.0 Å². The van der Waals surface area contributed by atoms with Crippen LogP contribution in [0.15, 0.2) is 54.6 Å². The van der Waals surface area contributed by atoms with Crippen molar-refractivity contribution < 1.29 is 24.6 Å². The minimum absolute atomic E-state index is 0.00191. The van der Waals surface area contributed by atoms with Crippen LogP contribution in [0.3, 0.4) is 0 Å². The van der Waals surface area contributed by atoms with Gasteiger partial charge in [-0.25, -0.2) is 4.79 Å². The number of hydrogen-bond acceptors (Lipinski definition) is 4. The maximum Gasteiger partial charge on any atom is 0.326 e. The molecule has 1 aliphatic rings. The highest BCUT2D eigenvalue weighted by Gasteiger charge is 2.29. The van der Waals surface area contributed by atoms with Gasteiger partial charge in [0.05, 0.1) is 15.6 Å². The number of aromatic hydroxyl groups is 1. The number of halogens is 2. The Bertz CT molecular complexity index is 1360. The highest BCUT2D eigenvalue weighted by Crippen LogP contribution is 2.35. The Morgan fingerprint density at radius 1 is 1.08 bits per heavy atom. The van der Waals surface area contributed by atoms with Gasteiger partial charge in [0.15, 0.2) is 0 Å². The van der Waals surface area contributed by atoms with Gasteiger partial charge in [0.1, 0.15) is 11.8 Å². The standard InChI is InChI=1S/C27H24Cl2N2O5/c1-15-4-2-5-16(10-15)11-22(27(35)36)30-25(33)23-21(28)13-18-14-31(9-8-20(18)24(23)29)26(34)17-6-3-7-19(32)12-17/h2-7,10,12-13,22,32H,8-9,11,14H2,1H3,(H,30,33)(H,35,36)/t22-/m0/s1.